The molecule has 2 aliphatic heterocycles. The van der Waals surface area contributed by atoms with E-state index in [0.717, 1.165) is 44.1 Å². The molecule has 9 heteroatoms. The molecule has 0 radical (unpaired) electrons. The first-order valence-electron chi connectivity index (χ1n) is 14.9. The van der Waals surface area contributed by atoms with E-state index in [0.29, 0.717) is 25.4 Å². The van der Waals surface area contributed by atoms with Crippen LogP contribution in [-0.2, 0) is 23.7 Å². The highest BCUT2D eigenvalue weighted by Crippen LogP contribution is 2.70. The van der Waals surface area contributed by atoms with Crippen molar-refractivity contribution in [2.24, 2.45) is 34.5 Å². The molecule has 220 valence electrons. The Hall–Kier alpha value is -1.07. The molecule has 4 aliphatic carbocycles. The van der Waals surface area contributed by atoms with Crippen LogP contribution in [0.1, 0.15) is 72.1 Å². The summed E-state index contributed by atoms with van der Waals surface area (Å²) in [5.74, 6) is 0.0523. The third-order valence-electron chi connectivity index (χ3n) is 12.3. The van der Waals surface area contributed by atoms with Crippen molar-refractivity contribution in [3.05, 3.63) is 11.6 Å². The van der Waals surface area contributed by atoms with Crippen LogP contribution in [0.25, 0.3) is 0 Å². The van der Waals surface area contributed by atoms with Crippen molar-refractivity contribution in [1.82, 2.24) is 0 Å². The van der Waals surface area contributed by atoms with Crippen LogP contribution >= 0.6 is 0 Å². The molecule has 0 unspecified atom stereocenters. The van der Waals surface area contributed by atoms with Gasteiger partial charge in [0.2, 0.25) is 0 Å². The second-order valence-corrected chi connectivity index (χ2v) is 13.9. The van der Waals surface area contributed by atoms with Crippen LogP contribution in [-0.4, -0.2) is 88.6 Å². The van der Waals surface area contributed by atoms with Crippen molar-refractivity contribution >= 4 is 5.97 Å². The topological polar surface area (TPSA) is 135 Å². The molecule has 2 heterocycles. The molecule has 4 saturated carbocycles. The lowest BCUT2D eigenvalue weighted by Crippen LogP contribution is -2.66. The van der Waals surface area contributed by atoms with E-state index in [2.05, 4.69) is 13.8 Å². The van der Waals surface area contributed by atoms with Gasteiger partial charge in [-0.1, -0.05) is 13.8 Å². The van der Waals surface area contributed by atoms with Crippen LogP contribution < -0.4 is 0 Å². The zero-order valence-electron chi connectivity index (χ0n) is 23.6. The quantitative estimate of drug-likeness (QED) is 0.307. The number of carbonyl (C=O) groups excluding carboxylic acids is 1. The van der Waals surface area contributed by atoms with Crippen LogP contribution in [0.5, 0.6) is 0 Å². The summed E-state index contributed by atoms with van der Waals surface area (Å²) in [6.07, 6.45) is 3.05. The molecule has 0 aromatic rings. The molecular weight excluding hydrogens is 504 g/mol. The van der Waals surface area contributed by atoms with Gasteiger partial charge < -0.3 is 39.4 Å². The van der Waals surface area contributed by atoms with Crippen molar-refractivity contribution < 1.29 is 44.2 Å². The molecule has 0 bridgehead atoms. The molecule has 6 aliphatic rings. The Morgan fingerprint density at radius 1 is 1.05 bits per heavy atom. The minimum Gasteiger partial charge on any atom is -0.458 e. The molecule has 0 amide bonds. The Morgan fingerprint density at radius 2 is 1.82 bits per heavy atom. The van der Waals surface area contributed by atoms with E-state index in [1.54, 1.807) is 13.0 Å². The molecule has 5 fully saturated rings. The standard InChI is InChI=1S/C30H46O9/c1-15-24(33)26(36-4)25(34)27(38-15)39-18-7-9-28(2)17(12-18)5-6-20-23(28)21(31)13-29(3)19(8-10-30(20,29)35)16-11-22(32)37-14-16/h11,15,17-21,23-27,31,33-35H,5-10,12-14H2,1-4H3/t15-,17-,18+,19-,20-,21-,23-,24+,25-,26+,27-,28+,29-,30-/m1/s1. The lowest BCUT2D eigenvalue weighted by molar-refractivity contribution is -0.314. The summed E-state index contributed by atoms with van der Waals surface area (Å²) in [6, 6.07) is 0. The average molecular weight is 551 g/mol. The monoisotopic (exact) mass is 550 g/mol. The highest BCUT2D eigenvalue weighted by molar-refractivity contribution is 5.85. The van der Waals surface area contributed by atoms with Crippen LogP contribution in [0.2, 0.25) is 0 Å². The average Bonchev–Trinajstić information content (AvgIpc) is 3.42. The number of methoxy groups -OCH3 is 1. The smallest absolute Gasteiger partial charge is 0.331 e. The van der Waals surface area contributed by atoms with Crippen molar-refractivity contribution in [2.45, 2.75) is 121 Å². The second-order valence-electron chi connectivity index (χ2n) is 13.9. The van der Waals surface area contributed by atoms with Crippen molar-refractivity contribution in [3.8, 4) is 0 Å². The number of cyclic esters (lactones) is 1. The Balaban J connectivity index is 1.18. The largest absolute Gasteiger partial charge is 0.458 e. The van der Waals surface area contributed by atoms with Crippen molar-refractivity contribution in [2.75, 3.05) is 13.7 Å². The van der Waals surface area contributed by atoms with Gasteiger partial charge in [-0.15, -0.1) is 0 Å². The minimum atomic E-state index is -1.08. The van der Waals surface area contributed by atoms with Gasteiger partial charge in [-0.3, -0.25) is 0 Å². The van der Waals surface area contributed by atoms with Gasteiger partial charge in [-0.2, -0.15) is 0 Å². The maximum atomic E-state index is 12.4. The number of hydrogen-bond acceptors (Lipinski definition) is 9. The highest BCUT2D eigenvalue weighted by atomic mass is 16.7. The zero-order chi connectivity index (χ0) is 27.9. The SMILES string of the molecule is CO[C@H]1[C@@H](O)[C@@H](C)O[C@H](O[C@H]2CC[C@@]3(C)[C@H](CC[C@@H]4[C@@H]3[C@H](O)C[C@]3(C)[C@@H](C5=CC(=O)OC5)CC[C@@]43O)C2)[C@@H]1O. The van der Waals surface area contributed by atoms with Gasteiger partial charge >= 0.3 is 5.97 Å². The van der Waals surface area contributed by atoms with Crippen LogP contribution in [0.15, 0.2) is 11.6 Å². The lowest BCUT2D eigenvalue weighted by Gasteiger charge is -2.65. The Labute approximate surface area is 230 Å². The van der Waals surface area contributed by atoms with Gasteiger partial charge in [-0.05, 0) is 93.0 Å². The van der Waals surface area contributed by atoms with Crippen molar-refractivity contribution in [3.63, 3.8) is 0 Å². The fourth-order valence-electron chi connectivity index (χ4n) is 10.2. The molecule has 0 aromatic heterocycles. The first kappa shape index (κ1) is 28.1. The first-order chi connectivity index (χ1) is 18.4. The molecule has 14 atom stereocenters. The fraction of sp³-hybridized carbons (Fsp3) is 0.900. The summed E-state index contributed by atoms with van der Waals surface area (Å²) < 4.78 is 22.7. The van der Waals surface area contributed by atoms with Crippen LogP contribution in [0.3, 0.4) is 0 Å². The molecule has 4 N–H and O–H groups in total. The third kappa shape index (κ3) is 4.09. The number of esters is 1. The van der Waals surface area contributed by atoms with Gasteiger partial charge in [-0.25, -0.2) is 4.79 Å². The van der Waals surface area contributed by atoms with E-state index in [1.807, 2.05) is 0 Å². The molecule has 1 saturated heterocycles. The Morgan fingerprint density at radius 3 is 2.51 bits per heavy atom. The first-order valence-corrected chi connectivity index (χ1v) is 14.9. The van der Waals surface area contributed by atoms with E-state index >= 15 is 0 Å². The molecule has 0 aromatic carbocycles. The predicted octanol–water partition coefficient (Wildman–Crippen LogP) is 2.08. The summed E-state index contributed by atoms with van der Waals surface area (Å²) in [5.41, 5.74) is -0.550. The van der Waals surface area contributed by atoms with E-state index in [9.17, 15) is 25.2 Å². The summed E-state index contributed by atoms with van der Waals surface area (Å²) in [7, 11) is 1.47. The van der Waals surface area contributed by atoms with Gasteiger partial charge in [0, 0.05) is 18.6 Å². The predicted molar refractivity (Wildman–Crippen MR) is 139 cm³/mol. The minimum absolute atomic E-state index is 0.00175. The molecule has 0 spiro atoms. The molecule has 39 heavy (non-hydrogen) atoms. The van der Waals surface area contributed by atoms with E-state index in [4.69, 9.17) is 18.9 Å². The number of aliphatic hydroxyl groups is 4. The number of aliphatic hydroxyl groups excluding tert-OH is 3. The lowest BCUT2D eigenvalue weighted by atomic mass is 9.42. The highest BCUT2D eigenvalue weighted by Gasteiger charge is 2.70. The van der Waals surface area contributed by atoms with Crippen LogP contribution in [0.4, 0.5) is 0 Å². The van der Waals surface area contributed by atoms with E-state index < -0.39 is 47.8 Å². The number of rotatable bonds is 4. The maximum absolute atomic E-state index is 12.4. The number of ether oxygens (including phenoxy) is 4. The summed E-state index contributed by atoms with van der Waals surface area (Å²) in [5, 5.41) is 45.2. The third-order valence-corrected chi connectivity index (χ3v) is 12.3. The molecule has 6 rings (SSSR count). The van der Waals surface area contributed by atoms with Crippen molar-refractivity contribution in [1.29, 1.82) is 0 Å². The van der Waals surface area contributed by atoms with Gasteiger partial charge in [0.05, 0.1) is 23.9 Å². The summed E-state index contributed by atoms with van der Waals surface area (Å²) >= 11 is 0. The maximum Gasteiger partial charge on any atom is 0.331 e. The Kier molecular flexibility index (Phi) is 7.02. The molecular formula is C30H46O9. The molecule has 9 nitrogen and oxygen atoms in total. The number of carbonyl (C=O) groups is 1. The second kappa shape index (κ2) is 9.75. The van der Waals surface area contributed by atoms with E-state index in [-0.39, 0.29) is 35.2 Å². The number of hydrogen-bond donors (Lipinski definition) is 4. The van der Waals surface area contributed by atoms with Gasteiger partial charge in [0.1, 0.15) is 24.9 Å². The fourth-order valence-corrected chi connectivity index (χ4v) is 10.2. The number of fused-ring (bicyclic) bond motifs is 5. The van der Waals surface area contributed by atoms with E-state index in [1.165, 1.54) is 7.11 Å². The normalized spacial score (nSPS) is 55.3. The summed E-state index contributed by atoms with van der Waals surface area (Å²) in [4.78, 5) is 11.8. The zero-order valence-corrected chi connectivity index (χ0v) is 23.6. The summed E-state index contributed by atoms with van der Waals surface area (Å²) in [6.45, 7) is 6.46. The van der Waals surface area contributed by atoms with Crippen LogP contribution in [0, 0.1) is 34.5 Å². The Bertz CT molecular complexity index is 1000. The van der Waals surface area contributed by atoms with Gasteiger partial charge in [0.15, 0.2) is 6.29 Å². The van der Waals surface area contributed by atoms with Gasteiger partial charge in [0.25, 0.3) is 0 Å².